The van der Waals surface area contributed by atoms with Gasteiger partial charge in [-0.2, -0.15) is 0 Å². The lowest BCUT2D eigenvalue weighted by atomic mass is 10.1. The predicted molar refractivity (Wildman–Crippen MR) is 95.8 cm³/mol. The van der Waals surface area contributed by atoms with Crippen LogP contribution in [0.5, 0.6) is 11.5 Å². The molecule has 0 bridgehead atoms. The van der Waals surface area contributed by atoms with Crippen LogP contribution in [0, 0.1) is 0 Å². The van der Waals surface area contributed by atoms with E-state index in [1.807, 2.05) is 20.8 Å². The molecule has 0 N–H and O–H groups in total. The number of carbonyl (C=O) groups excluding carboxylic acids is 2. The van der Waals surface area contributed by atoms with Gasteiger partial charge < -0.3 is 23.8 Å². The SMILES string of the molecule is COc1cccc(OC)c1C(=O)OC1CCN(C(=O)OC(C)(C)C)CC1. The minimum atomic E-state index is -0.527. The van der Waals surface area contributed by atoms with Crippen molar-refractivity contribution in [3.05, 3.63) is 23.8 Å². The number of benzene rings is 1. The summed E-state index contributed by atoms with van der Waals surface area (Å²) in [7, 11) is 2.98. The van der Waals surface area contributed by atoms with Crippen molar-refractivity contribution in [3.8, 4) is 11.5 Å². The van der Waals surface area contributed by atoms with Crippen LogP contribution in [-0.4, -0.2) is 56.0 Å². The van der Waals surface area contributed by atoms with Crippen molar-refractivity contribution in [2.24, 2.45) is 0 Å². The van der Waals surface area contributed by atoms with E-state index >= 15 is 0 Å². The largest absolute Gasteiger partial charge is 0.496 e. The van der Waals surface area contributed by atoms with Gasteiger partial charge in [-0.3, -0.25) is 0 Å². The Hall–Kier alpha value is -2.44. The number of amides is 1. The molecule has 2 rings (SSSR count). The normalized spacial score (nSPS) is 15.3. The van der Waals surface area contributed by atoms with Gasteiger partial charge in [0, 0.05) is 25.9 Å². The Morgan fingerprint density at radius 2 is 1.58 bits per heavy atom. The molecule has 144 valence electrons. The molecule has 1 aromatic rings. The maximum absolute atomic E-state index is 12.6. The van der Waals surface area contributed by atoms with Crippen molar-refractivity contribution >= 4 is 12.1 Å². The number of rotatable bonds is 4. The lowest BCUT2D eigenvalue weighted by molar-refractivity contribution is -0.00364. The molecule has 0 unspecified atom stereocenters. The molecule has 0 saturated carbocycles. The summed E-state index contributed by atoms with van der Waals surface area (Å²) in [6, 6.07) is 5.11. The van der Waals surface area contributed by atoms with Gasteiger partial charge in [-0.25, -0.2) is 9.59 Å². The highest BCUT2D eigenvalue weighted by atomic mass is 16.6. The molecule has 1 amide bonds. The summed E-state index contributed by atoms with van der Waals surface area (Å²) in [5.74, 6) is 0.316. The van der Waals surface area contributed by atoms with E-state index < -0.39 is 11.6 Å². The molecule has 1 aliphatic rings. The van der Waals surface area contributed by atoms with Gasteiger partial charge in [0.1, 0.15) is 28.8 Å². The molecule has 7 heteroatoms. The molecule has 0 spiro atoms. The van der Waals surface area contributed by atoms with Crippen molar-refractivity contribution in [2.75, 3.05) is 27.3 Å². The van der Waals surface area contributed by atoms with Gasteiger partial charge in [0.25, 0.3) is 0 Å². The van der Waals surface area contributed by atoms with E-state index in [0.717, 1.165) is 0 Å². The lowest BCUT2D eigenvalue weighted by Crippen LogP contribution is -2.43. The molecule has 0 aliphatic carbocycles. The maximum atomic E-state index is 12.6. The summed E-state index contributed by atoms with van der Waals surface area (Å²) in [6.45, 7) is 6.46. The van der Waals surface area contributed by atoms with Gasteiger partial charge in [-0.05, 0) is 32.9 Å². The van der Waals surface area contributed by atoms with Crippen LogP contribution in [0.1, 0.15) is 44.0 Å². The zero-order chi connectivity index (χ0) is 19.3. The molecule has 0 radical (unpaired) electrons. The van der Waals surface area contributed by atoms with Crippen molar-refractivity contribution < 1.29 is 28.5 Å². The highest BCUT2D eigenvalue weighted by Crippen LogP contribution is 2.30. The van der Waals surface area contributed by atoms with Crippen molar-refractivity contribution in [1.82, 2.24) is 4.90 Å². The number of nitrogens with zero attached hydrogens (tertiary/aromatic N) is 1. The molecule has 26 heavy (non-hydrogen) atoms. The molecule has 0 aromatic heterocycles. The lowest BCUT2D eigenvalue weighted by Gasteiger charge is -2.33. The van der Waals surface area contributed by atoms with Gasteiger partial charge in [-0.1, -0.05) is 6.07 Å². The minimum Gasteiger partial charge on any atom is -0.496 e. The predicted octanol–water partition coefficient (Wildman–Crippen LogP) is 3.26. The number of methoxy groups -OCH3 is 2. The zero-order valence-corrected chi connectivity index (χ0v) is 16.0. The number of ether oxygens (including phenoxy) is 4. The van der Waals surface area contributed by atoms with Crippen LogP contribution in [-0.2, 0) is 9.47 Å². The standard InChI is InChI=1S/C19H27NO6/c1-19(2,3)26-18(22)20-11-9-13(10-12-20)25-17(21)16-14(23-4)7-6-8-15(16)24-5/h6-8,13H,9-12H2,1-5H3. The first-order valence-electron chi connectivity index (χ1n) is 8.65. The molecule has 1 aromatic carbocycles. The van der Waals surface area contributed by atoms with Crippen LogP contribution in [0.2, 0.25) is 0 Å². The monoisotopic (exact) mass is 365 g/mol. The van der Waals surface area contributed by atoms with Gasteiger partial charge in [0.2, 0.25) is 0 Å². The molecule has 7 nitrogen and oxygen atoms in total. The van der Waals surface area contributed by atoms with Gasteiger partial charge in [-0.15, -0.1) is 0 Å². The second-order valence-electron chi connectivity index (χ2n) is 7.11. The van der Waals surface area contributed by atoms with Gasteiger partial charge in [0.15, 0.2) is 0 Å². The van der Waals surface area contributed by atoms with E-state index in [1.165, 1.54) is 14.2 Å². The van der Waals surface area contributed by atoms with Crippen molar-refractivity contribution in [1.29, 1.82) is 0 Å². The van der Waals surface area contributed by atoms with Crippen LogP contribution < -0.4 is 9.47 Å². The average Bonchev–Trinajstić information content (AvgIpc) is 2.59. The summed E-state index contributed by atoms with van der Waals surface area (Å²) in [4.78, 5) is 26.3. The summed E-state index contributed by atoms with van der Waals surface area (Å²) < 4.78 is 21.5. The van der Waals surface area contributed by atoms with E-state index in [1.54, 1.807) is 23.1 Å². The number of likely N-dealkylation sites (tertiary alicyclic amines) is 1. The smallest absolute Gasteiger partial charge is 0.410 e. The van der Waals surface area contributed by atoms with Crippen LogP contribution in [0.4, 0.5) is 4.79 Å². The Kier molecular flexibility index (Phi) is 6.34. The molecule has 1 saturated heterocycles. The first-order chi connectivity index (χ1) is 12.2. The molecule has 1 aliphatic heterocycles. The molecular formula is C19H27NO6. The van der Waals surface area contributed by atoms with Crippen LogP contribution in [0.3, 0.4) is 0 Å². The fourth-order valence-electron chi connectivity index (χ4n) is 2.75. The zero-order valence-electron chi connectivity index (χ0n) is 16.0. The van der Waals surface area contributed by atoms with Crippen molar-refractivity contribution in [3.63, 3.8) is 0 Å². The molecule has 1 heterocycles. The second kappa shape index (κ2) is 8.29. The summed E-state index contributed by atoms with van der Waals surface area (Å²) >= 11 is 0. The Labute approximate surface area is 154 Å². The summed E-state index contributed by atoms with van der Waals surface area (Å²) in [5.41, 5.74) is -0.257. The van der Waals surface area contributed by atoms with Crippen LogP contribution in [0.25, 0.3) is 0 Å². The summed E-state index contributed by atoms with van der Waals surface area (Å²) in [6.07, 6.45) is 0.509. The topological polar surface area (TPSA) is 74.3 Å². The Morgan fingerprint density at radius 1 is 1.04 bits per heavy atom. The van der Waals surface area contributed by atoms with E-state index in [4.69, 9.17) is 18.9 Å². The first-order valence-corrected chi connectivity index (χ1v) is 8.65. The van der Waals surface area contributed by atoms with E-state index in [2.05, 4.69) is 0 Å². The molecule has 0 atom stereocenters. The van der Waals surface area contributed by atoms with Crippen LogP contribution in [0.15, 0.2) is 18.2 Å². The van der Waals surface area contributed by atoms with Crippen molar-refractivity contribution in [2.45, 2.75) is 45.3 Å². The van der Waals surface area contributed by atoms with E-state index in [0.29, 0.717) is 37.4 Å². The Balaban J connectivity index is 1.96. The van der Waals surface area contributed by atoms with Crippen LogP contribution >= 0.6 is 0 Å². The number of carbonyl (C=O) groups is 2. The minimum absolute atomic E-state index is 0.268. The van der Waals surface area contributed by atoms with E-state index in [9.17, 15) is 9.59 Å². The number of esters is 1. The third kappa shape index (κ3) is 5.03. The highest BCUT2D eigenvalue weighted by Gasteiger charge is 2.30. The number of piperidine rings is 1. The quantitative estimate of drug-likeness (QED) is 0.763. The fraction of sp³-hybridized carbons (Fsp3) is 0.579. The number of hydrogen-bond donors (Lipinski definition) is 0. The summed E-state index contributed by atoms with van der Waals surface area (Å²) in [5, 5.41) is 0. The Morgan fingerprint density at radius 3 is 2.04 bits per heavy atom. The second-order valence-corrected chi connectivity index (χ2v) is 7.11. The molecule has 1 fully saturated rings. The third-order valence-corrected chi connectivity index (χ3v) is 4.00. The van der Waals surface area contributed by atoms with Gasteiger partial charge >= 0.3 is 12.1 Å². The Bertz CT molecular complexity index is 622. The fourth-order valence-corrected chi connectivity index (χ4v) is 2.75. The first kappa shape index (κ1) is 19.9. The molecular weight excluding hydrogens is 338 g/mol. The highest BCUT2D eigenvalue weighted by molar-refractivity contribution is 5.95. The average molecular weight is 365 g/mol. The van der Waals surface area contributed by atoms with E-state index in [-0.39, 0.29) is 17.8 Å². The van der Waals surface area contributed by atoms with Gasteiger partial charge in [0.05, 0.1) is 14.2 Å². The number of hydrogen-bond acceptors (Lipinski definition) is 6. The maximum Gasteiger partial charge on any atom is 0.410 e. The third-order valence-electron chi connectivity index (χ3n) is 4.00.